The lowest BCUT2D eigenvalue weighted by atomic mass is 10.1. The predicted molar refractivity (Wildman–Crippen MR) is 55.4 cm³/mol. The molecule has 1 heterocycles. The van der Waals surface area contributed by atoms with Crippen LogP contribution >= 0.6 is 11.6 Å². The summed E-state index contributed by atoms with van der Waals surface area (Å²) < 4.78 is 44.4. The lowest BCUT2D eigenvalue weighted by molar-refractivity contribution is -0.274. The second-order valence-electron chi connectivity index (χ2n) is 3.53. The van der Waals surface area contributed by atoms with Gasteiger partial charge in [-0.2, -0.15) is 0 Å². The molecule has 0 radical (unpaired) electrons. The summed E-state index contributed by atoms with van der Waals surface area (Å²) >= 11 is 5.67. The van der Waals surface area contributed by atoms with E-state index < -0.39 is 24.2 Å². The van der Waals surface area contributed by atoms with Crippen molar-refractivity contribution in [3.8, 4) is 5.75 Å². The van der Waals surface area contributed by atoms with E-state index in [0.717, 1.165) is 6.07 Å². The molecule has 4 nitrogen and oxygen atoms in total. The number of cyclic esters (lactones) is 1. The first-order valence-corrected chi connectivity index (χ1v) is 5.21. The summed E-state index contributed by atoms with van der Waals surface area (Å²) in [5, 5.41) is 2.29. The summed E-state index contributed by atoms with van der Waals surface area (Å²) in [5.41, 5.74) is 0.542. The Labute approximate surface area is 105 Å². The van der Waals surface area contributed by atoms with Crippen molar-refractivity contribution in [1.29, 1.82) is 0 Å². The van der Waals surface area contributed by atoms with Crippen molar-refractivity contribution in [2.75, 3.05) is 6.61 Å². The summed E-state index contributed by atoms with van der Waals surface area (Å²) in [4.78, 5) is 10.8. The van der Waals surface area contributed by atoms with Gasteiger partial charge in [0.15, 0.2) is 0 Å². The average Bonchev–Trinajstić information content (AvgIpc) is 2.66. The topological polar surface area (TPSA) is 47.6 Å². The van der Waals surface area contributed by atoms with Gasteiger partial charge in [-0.3, -0.25) is 0 Å². The van der Waals surface area contributed by atoms with Crippen LogP contribution in [-0.4, -0.2) is 19.1 Å². The Bertz CT molecular complexity index is 478. The molecule has 1 amide bonds. The van der Waals surface area contributed by atoms with Crippen LogP contribution in [0.1, 0.15) is 11.6 Å². The summed E-state index contributed by atoms with van der Waals surface area (Å²) in [6, 6.07) is 3.35. The zero-order chi connectivity index (χ0) is 13.3. The van der Waals surface area contributed by atoms with Crippen LogP contribution < -0.4 is 10.1 Å². The van der Waals surface area contributed by atoms with Crippen molar-refractivity contribution in [3.63, 3.8) is 0 Å². The molecule has 1 fully saturated rings. The van der Waals surface area contributed by atoms with Crippen LogP contribution in [0, 0.1) is 0 Å². The number of alkyl carbamates (subject to hydrolysis) is 1. The summed E-state index contributed by atoms with van der Waals surface area (Å²) in [7, 11) is 0. The molecular formula is C10H7ClF3NO3. The van der Waals surface area contributed by atoms with E-state index in [1.807, 2.05) is 0 Å². The molecular weight excluding hydrogens is 275 g/mol. The Morgan fingerprint density at radius 3 is 2.67 bits per heavy atom. The maximum Gasteiger partial charge on any atom is 0.573 e. The SMILES string of the molecule is O=C1N[C@H](c2ccc(OC(F)(F)F)c(Cl)c2)CO1. The Hall–Kier alpha value is -1.63. The minimum absolute atomic E-state index is 0.106. The molecule has 0 unspecified atom stereocenters. The van der Waals surface area contributed by atoms with Crippen LogP contribution in [0.5, 0.6) is 5.75 Å². The van der Waals surface area contributed by atoms with Gasteiger partial charge in [0.1, 0.15) is 12.4 Å². The van der Waals surface area contributed by atoms with E-state index >= 15 is 0 Å². The Balaban J connectivity index is 2.17. The molecule has 1 aromatic carbocycles. The number of nitrogens with one attached hydrogen (secondary N) is 1. The molecule has 8 heteroatoms. The van der Waals surface area contributed by atoms with Gasteiger partial charge >= 0.3 is 12.5 Å². The van der Waals surface area contributed by atoms with E-state index in [4.69, 9.17) is 11.6 Å². The first-order chi connectivity index (χ1) is 8.35. The molecule has 0 spiro atoms. The van der Waals surface area contributed by atoms with E-state index in [0.29, 0.717) is 5.56 Å². The van der Waals surface area contributed by atoms with Gasteiger partial charge in [0.2, 0.25) is 0 Å². The minimum Gasteiger partial charge on any atom is -0.447 e. The fourth-order valence-corrected chi connectivity index (χ4v) is 1.73. The lowest BCUT2D eigenvalue weighted by Gasteiger charge is -2.13. The standard InChI is InChI=1S/C10H7ClF3NO3/c11-6-3-5(7-4-17-9(16)15-7)1-2-8(6)18-10(12,13)14/h1-3,7H,4H2,(H,15,16)/t7-/m0/s1. The zero-order valence-electron chi connectivity index (χ0n) is 8.75. The molecule has 0 aromatic heterocycles. The summed E-state index contributed by atoms with van der Waals surface area (Å²) in [6.07, 6.45) is -5.37. The van der Waals surface area contributed by atoms with Crippen LogP contribution in [0.2, 0.25) is 5.02 Å². The highest BCUT2D eigenvalue weighted by Gasteiger charge is 2.32. The smallest absolute Gasteiger partial charge is 0.447 e. The van der Waals surface area contributed by atoms with Gasteiger partial charge in [-0.15, -0.1) is 13.2 Å². The van der Waals surface area contributed by atoms with Gasteiger partial charge < -0.3 is 14.8 Å². The quantitative estimate of drug-likeness (QED) is 0.906. The van der Waals surface area contributed by atoms with Crippen LogP contribution in [0.25, 0.3) is 0 Å². The Morgan fingerprint density at radius 1 is 1.44 bits per heavy atom. The molecule has 1 saturated heterocycles. The van der Waals surface area contributed by atoms with Gasteiger partial charge in [0.25, 0.3) is 0 Å². The van der Waals surface area contributed by atoms with Gasteiger partial charge in [0, 0.05) is 0 Å². The molecule has 0 saturated carbocycles. The number of benzene rings is 1. The second-order valence-corrected chi connectivity index (χ2v) is 3.94. The van der Waals surface area contributed by atoms with Crippen molar-refractivity contribution in [3.05, 3.63) is 28.8 Å². The van der Waals surface area contributed by atoms with Gasteiger partial charge in [-0.25, -0.2) is 4.79 Å². The van der Waals surface area contributed by atoms with Crippen LogP contribution in [-0.2, 0) is 4.74 Å². The van der Waals surface area contributed by atoms with E-state index in [1.165, 1.54) is 12.1 Å². The number of ether oxygens (including phenoxy) is 2. The Kier molecular flexibility index (Phi) is 3.25. The second kappa shape index (κ2) is 4.56. The number of amides is 1. The van der Waals surface area contributed by atoms with Crippen molar-refractivity contribution < 1.29 is 27.4 Å². The first kappa shape index (κ1) is 12.8. The number of hydrogen-bond donors (Lipinski definition) is 1. The fraction of sp³-hybridized carbons (Fsp3) is 0.300. The zero-order valence-corrected chi connectivity index (χ0v) is 9.51. The monoisotopic (exact) mass is 281 g/mol. The van der Waals surface area contributed by atoms with Gasteiger partial charge in [-0.05, 0) is 17.7 Å². The highest BCUT2D eigenvalue weighted by atomic mass is 35.5. The van der Waals surface area contributed by atoms with Crippen LogP contribution in [0.15, 0.2) is 18.2 Å². The van der Waals surface area contributed by atoms with Crippen molar-refractivity contribution in [2.45, 2.75) is 12.4 Å². The highest BCUT2D eigenvalue weighted by Crippen LogP contribution is 2.32. The largest absolute Gasteiger partial charge is 0.573 e. The van der Waals surface area contributed by atoms with E-state index in [-0.39, 0.29) is 11.6 Å². The van der Waals surface area contributed by atoms with Crippen LogP contribution in [0.4, 0.5) is 18.0 Å². The molecule has 2 rings (SSSR count). The fourth-order valence-electron chi connectivity index (χ4n) is 1.51. The maximum atomic E-state index is 12.0. The van der Waals surface area contributed by atoms with Crippen LogP contribution in [0.3, 0.4) is 0 Å². The minimum atomic E-state index is -4.80. The molecule has 1 aliphatic rings. The molecule has 1 aromatic rings. The molecule has 0 aliphatic carbocycles. The lowest BCUT2D eigenvalue weighted by Crippen LogP contribution is -2.19. The van der Waals surface area contributed by atoms with Gasteiger partial charge in [0.05, 0.1) is 11.1 Å². The number of alkyl halides is 3. The van der Waals surface area contributed by atoms with E-state index in [9.17, 15) is 18.0 Å². The summed E-state index contributed by atoms with van der Waals surface area (Å²) in [6.45, 7) is 0.106. The third-order valence-corrected chi connectivity index (χ3v) is 2.55. The average molecular weight is 282 g/mol. The molecule has 0 bridgehead atoms. The van der Waals surface area contributed by atoms with Gasteiger partial charge in [-0.1, -0.05) is 17.7 Å². The van der Waals surface area contributed by atoms with E-state index in [2.05, 4.69) is 14.8 Å². The predicted octanol–water partition coefficient (Wildman–Crippen LogP) is 3.02. The number of hydrogen-bond acceptors (Lipinski definition) is 3. The molecule has 98 valence electrons. The number of rotatable bonds is 2. The summed E-state index contributed by atoms with van der Waals surface area (Å²) in [5.74, 6) is -0.488. The third-order valence-electron chi connectivity index (χ3n) is 2.26. The van der Waals surface area contributed by atoms with E-state index in [1.54, 1.807) is 0 Å². The molecule has 1 N–H and O–H groups in total. The number of halogens is 4. The molecule has 1 aliphatic heterocycles. The van der Waals surface area contributed by atoms with Crippen molar-refractivity contribution in [2.24, 2.45) is 0 Å². The Morgan fingerprint density at radius 2 is 2.17 bits per heavy atom. The third kappa shape index (κ3) is 2.98. The molecule has 18 heavy (non-hydrogen) atoms. The normalized spacial score (nSPS) is 19.3. The van der Waals surface area contributed by atoms with Crippen molar-refractivity contribution in [1.82, 2.24) is 5.32 Å². The first-order valence-electron chi connectivity index (χ1n) is 4.83. The number of carbonyl (C=O) groups excluding carboxylic acids is 1. The highest BCUT2D eigenvalue weighted by molar-refractivity contribution is 6.32. The molecule has 1 atom stereocenters. The maximum absolute atomic E-state index is 12.0. The number of carbonyl (C=O) groups is 1. The van der Waals surface area contributed by atoms with Crippen molar-refractivity contribution >= 4 is 17.7 Å².